The minimum absolute atomic E-state index is 0.110. The number of carbonyl (C=O) groups excluding carboxylic acids is 2. The van der Waals surface area contributed by atoms with Crippen molar-refractivity contribution < 1.29 is 9.59 Å². The summed E-state index contributed by atoms with van der Waals surface area (Å²) in [4.78, 5) is 27.9. The van der Waals surface area contributed by atoms with Crippen LogP contribution in [0.3, 0.4) is 0 Å². The molecule has 3 fully saturated rings. The number of hydrogen-bond donors (Lipinski definition) is 1. The molecule has 0 aromatic rings. The molecular weight excluding hydrogens is 230 g/mol. The Bertz CT molecular complexity index is 376. The molecule has 100 valence electrons. The van der Waals surface area contributed by atoms with Crippen LogP contribution in [-0.4, -0.2) is 52.8 Å². The smallest absolute Gasteiger partial charge is 0.242 e. The van der Waals surface area contributed by atoms with Crippen LogP contribution in [0.15, 0.2) is 0 Å². The first-order valence-corrected chi connectivity index (χ1v) is 6.98. The third kappa shape index (κ3) is 1.81. The van der Waals surface area contributed by atoms with E-state index in [9.17, 15) is 9.59 Å². The number of piperazine rings is 1. The van der Waals surface area contributed by atoms with Crippen molar-refractivity contribution >= 4 is 11.8 Å². The summed E-state index contributed by atoms with van der Waals surface area (Å²) < 4.78 is 0. The standard InChI is InChI=1S/C13H21N3O2/c14-13(5-1-2-6-13)12(18)15-7-8-16-10(9-15)3-4-11(16)17/h10H,1-9,14H2. The zero-order valence-electron chi connectivity index (χ0n) is 10.7. The summed E-state index contributed by atoms with van der Waals surface area (Å²) >= 11 is 0. The van der Waals surface area contributed by atoms with E-state index >= 15 is 0 Å². The van der Waals surface area contributed by atoms with Crippen LogP contribution in [0.2, 0.25) is 0 Å². The number of rotatable bonds is 1. The topological polar surface area (TPSA) is 66.6 Å². The van der Waals surface area contributed by atoms with Crippen LogP contribution in [-0.2, 0) is 9.59 Å². The first kappa shape index (κ1) is 12.0. The van der Waals surface area contributed by atoms with E-state index in [1.54, 1.807) is 0 Å². The average molecular weight is 251 g/mol. The third-order valence-electron chi connectivity index (χ3n) is 4.70. The van der Waals surface area contributed by atoms with Gasteiger partial charge in [0.05, 0.1) is 5.54 Å². The average Bonchev–Trinajstić information content (AvgIpc) is 2.96. The van der Waals surface area contributed by atoms with E-state index in [0.717, 1.165) is 32.1 Å². The van der Waals surface area contributed by atoms with Gasteiger partial charge in [-0.1, -0.05) is 12.8 Å². The van der Waals surface area contributed by atoms with E-state index in [0.29, 0.717) is 26.1 Å². The van der Waals surface area contributed by atoms with E-state index in [4.69, 9.17) is 5.73 Å². The second kappa shape index (κ2) is 4.23. The molecule has 1 aliphatic carbocycles. The van der Waals surface area contributed by atoms with Crippen LogP contribution in [0, 0.1) is 0 Å². The first-order valence-electron chi connectivity index (χ1n) is 6.98. The molecule has 2 saturated heterocycles. The van der Waals surface area contributed by atoms with Crippen molar-refractivity contribution in [3.8, 4) is 0 Å². The highest BCUT2D eigenvalue weighted by atomic mass is 16.2. The Hall–Kier alpha value is -1.10. The fourth-order valence-electron chi connectivity index (χ4n) is 3.58. The second-order valence-corrected chi connectivity index (χ2v) is 5.89. The monoisotopic (exact) mass is 251 g/mol. The van der Waals surface area contributed by atoms with Gasteiger partial charge in [0.25, 0.3) is 0 Å². The molecule has 3 rings (SSSR count). The number of hydrogen-bond acceptors (Lipinski definition) is 3. The minimum Gasteiger partial charge on any atom is -0.337 e. The molecule has 2 amide bonds. The molecular formula is C13H21N3O2. The summed E-state index contributed by atoms with van der Waals surface area (Å²) in [5, 5.41) is 0. The molecule has 3 aliphatic rings. The van der Waals surface area contributed by atoms with Gasteiger partial charge in [0, 0.05) is 32.1 Å². The fraction of sp³-hybridized carbons (Fsp3) is 0.846. The maximum Gasteiger partial charge on any atom is 0.242 e. The van der Waals surface area contributed by atoms with Crippen LogP contribution in [0.25, 0.3) is 0 Å². The van der Waals surface area contributed by atoms with Crippen molar-refractivity contribution in [2.75, 3.05) is 19.6 Å². The van der Waals surface area contributed by atoms with Crippen LogP contribution in [0.5, 0.6) is 0 Å². The predicted molar refractivity (Wildman–Crippen MR) is 66.7 cm³/mol. The molecule has 0 aromatic carbocycles. The molecule has 0 aromatic heterocycles. The summed E-state index contributed by atoms with van der Waals surface area (Å²) in [7, 11) is 0. The van der Waals surface area contributed by atoms with Crippen LogP contribution in [0.4, 0.5) is 0 Å². The number of fused-ring (bicyclic) bond motifs is 1. The van der Waals surface area contributed by atoms with Crippen LogP contribution in [0.1, 0.15) is 38.5 Å². The zero-order chi connectivity index (χ0) is 12.8. The largest absolute Gasteiger partial charge is 0.337 e. The highest BCUT2D eigenvalue weighted by Crippen LogP contribution is 2.31. The molecule has 0 radical (unpaired) electrons. The quantitative estimate of drug-likeness (QED) is 0.718. The van der Waals surface area contributed by atoms with Gasteiger partial charge >= 0.3 is 0 Å². The minimum atomic E-state index is -0.620. The molecule has 1 unspecified atom stereocenters. The molecule has 1 saturated carbocycles. The SMILES string of the molecule is NC1(C(=O)N2CCN3C(=O)CCC3C2)CCCC1. The summed E-state index contributed by atoms with van der Waals surface area (Å²) in [6.07, 6.45) is 5.28. The highest BCUT2D eigenvalue weighted by molar-refractivity contribution is 5.87. The Kier molecular flexibility index (Phi) is 2.81. The molecule has 5 heteroatoms. The van der Waals surface area contributed by atoms with E-state index in [-0.39, 0.29) is 17.9 Å². The van der Waals surface area contributed by atoms with Crippen molar-refractivity contribution in [2.24, 2.45) is 5.73 Å². The predicted octanol–water partition coefficient (Wildman–Crippen LogP) is 0.0911. The van der Waals surface area contributed by atoms with E-state index < -0.39 is 5.54 Å². The Labute approximate surface area is 107 Å². The van der Waals surface area contributed by atoms with Gasteiger partial charge in [-0.15, -0.1) is 0 Å². The summed E-state index contributed by atoms with van der Waals surface area (Å²) in [6, 6.07) is 0.236. The maximum absolute atomic E-state index is 12.5. The van der Waals surface area contributed by atoms with Gasteiger partial charge in [0.15, 0.2) is 0 Å². The van der Waals surface area contributed by atoms with Crippen molar-refractivity contribution in [3.05, 3.63) is 0 Å². The lowest BCUT2D eigenvalue weighted by Crippen LogP contribution is -2.60. The molecule has 0 spiro atoms. The Morgan fingerprint density at radius 1 is 1.28 bits per heavy atom. The third-order valence-corrected chi connectivity index (χ3v) is 4.70. The summed E-state index contributed by atoms with van der Waals surface area (Å²) in [6.45, 7) is 2.02. The molecule has 5 nitrogen and oxygen atoms in total. The zero-order valence-corrected chi connectivity index (χ0v) is 10.7. The van der Waals surface area contributed by atoms with Gasteiger partial charge in [0.1, 0.15) is 0 Å². The normalized spacial score (nSPS) is 30.7. The number of amides is 2. The van der Waals surface area contributed by atoms with Gasteiger partial charge < -0.3 is 15.5 Å². The fourth-order valence-corrected chi connectivity index (χ4v) is 3.58. The maximum atomic E-state index is 12.5. The Morgan fingerprint density at radius 2 is 2.00 bits per heavy atom. The summed E-state index contributed by atoms with van der Waals surface area (Å²) in [5.74, 6) is 0.356. The van der Waals surface area contributed by atoms with Gasteiger partial charge in [0.2, 0.25) is 11.8 Å². The van der Waals surface area contributed by atoms with Crippen molar-refractivity contribution in [3.63, 3.8) is 0 Å². The van der Waals surface area contributed by atoms with Gasteiger partial charge in [-0.25, -0.2) is 0 Å². The van der Waals surface area contributed by atoms with Gasteiger partial charge in [-0.05, 0) is 19.3 Å². The molecule has 2 aliphatic heterocycles. The lowest BCUT2D eigenvalue weighted by molar-refractivity contribution is -0.143. The van der Waals surface area contributed by atoms with Crippen LogP contribution < -0.4 is 5.73 Å². The highest BCUT2D eigenvalue weighted by Gasteiger charge is 2.43. The van der Waals surface area contributed by atoms with E-state index in [1.807, 2.05) is 9.80 Å². The van der Waals surface area contributed by atoms with Crippen molar-refractivity contribution in [1.82, 2.24) is 9.80 Å². The lowest BCUT2D eigenvalue weighted by atomic mass is 9.96. The molecule has 2 N–H and O–H groups in total. The Morgan fingerprint density at radius 3 is 2.72 bits per heavy atom. The molecule has 18 heavy (non-hydrogen) atoms. The number of nitrogens with zero attached hydrogens (tertiary/aromatic N) is 2. The number of nitrogens with two attached hydrogens (primary N) is 1. The molecule has 1 atom stereocenters. The lowest BCUT2D eigenvalue weighted by Gasteiger charge is -2.40. The summed E-state index contributed by atoms with van der Waals surface area (Å²) in [5.41, 5.74) is 5.61. The van der Waals surface area contributed by atoms with Gasteiger partial charge in [-0.3, -0.25) is 9.59 Å². The molecule has 0 bridgehead atoms. The number of carbonyl (C=O) groups is 2. The van der Waals surface area contributed by atoms with Gasteiger partial charge in [-0.2, -0.15) is 0 Å². The van der Waals surface area contributed by atoms with Crippen LogP contribution >= 0.6 is 0 Å². The van der Waals surface area contributed by atoms with Crippen molar-refractivity contribution in [2.45, 2.75) is 50.1 Å². The van der Waals surface area contributed by atoms with E-state index in [2.05, 4.69) is 0 Å². The Balaban J connectivity index is 1.68. The van der Waals surface area contributed by atoms with Crippen molar-refractivity contribution in [1.29, 1.82) is 0 Å². The second-order valence-electron chi connectivity index (χ2n) is 5.89. The van der Waals surface area contributed by atoms with E-state index in [1.165, 1.54) is 0 Å². The first-order chi connectivity index (χ1) is 8.60. The molecule has 2 heterocycles.